The van der Waals surface area contributed by atoms with Crippen molar-refractivity contribution in [2.75, 3.05) is 10.6 Å². The Bertz CT molecular complexity index is 840. The number of nitrogens with zero attached hydrogens (tertiary/aromatic N) is 3. The summed E-state index contributed by atoms with van der Waals surface area (Å²) in [5.41, 5.74) is 3.96. The van der Waals surface area contributed by atoms with Crippen molar-refractivity contribution < 1.29 is 4.79 Å². The molecule has 23 heavy (non-hydrogen) atoms. The molecule has 6 nitrogen and oxygen atoms in total. The van der Waals surface area contributed by atoms with Gasteiger partial charge in [0.05, 0.1) is 17.4 Å². The Kier molecular flexibility index (Phi) is 4.05. The number of nitrogens with one attached hydrogen (secondary N) is 2. The molecule has 1 aromatic carbocycles. The van der Waals surface area contributed by atoms with E-state index in [1.807, 2.05) is 44.4 Å². The van der Waals surface area contributed by atoms with Crippen LogP contribution in [0.5, 0.6) is 0 Å². The Balaban J connectivity index is 1.73. The fourth-order valence-electron chi connectivity index (χ4n) is 2.21. The number of hydrogen-bond acceptors (Lipinski definition) is 4. The van der Waals surface area contributed by atoms with E-state index in [0.29, 0.717) is 11.3 Å². The van der Waals surface area contributed by atoms with E-state index in [4.69, 9.17) is 0 Å². The van der Waals surface area contributed by atoms with Gasteiger partial charge in [-0.3, -0.25) is 14.5 Å². The Morgan fingerprint density at radius 3 is 2.65 bits per heavy atom. The average molecular weight is 307 g/mol. The van der Waals surface area contributed by atoms with E-state index in [-0.39, 0.29) is 5.91 Å². The molecule has 0 spiro atoms. The van der Waals surface area contributed by atoms with Gasteiger partial charge in [-0.1, -0.05) is 6.07 Å². The first-order valence-corrected chi connectivity index (χ1v) is 7.19. The maximum Gasteiger partial charge on any atom is 0.257 e. The molecule has 0 saturated carbocycles. The molecular formula is C17H17N5O. The van der Waals surface area contributed by atoms with E-state index in [1.54, 1.807) is 29.3 Å². The molecule has 0 saturated heterocycles. The van der Waals surface area contributed by atoms with Gasteiger partial charge >= 0.3 is 0 Å². The van der Waals surface area contributed by atoms with Crippen molar-refractivity contribution in [2.24, 2.45) is 7.05 Å². The first-order valence-electron chi connectivity index (χ1n) is 7.19. The number of hydrogen-bond donors (Lipinski definition) is 2. The predicted octanol–water partition coefficient (Wildman–Crippen LogP) is 3.12. The van der Waals surface area contributed by atoms with Crippen LogP contribution in [0.25, 0.3) is 0 Å². The highest BCUT2D eigenvalue weighted by Crippen LogP contribution is 2.20. The molecule has 2 heterocycles. The SMILES string of the molecule is Cc1cncc(C(=O)Nc2cccc(Nc3cnn(C)c3)c2)c1. The first-order chi connectivity index (χ1) is 11.1. The van der Waals surface area contributed by atoms with Gasteiger partial charge in [-0.25, -0.2) is 0 Å². The largest absolute Gasteiger partial charge is 0.353 e. The molecule has 0 fully saturated rings. The number of anilines is 3. The summed E-state index contributed by atoms with van der Waals surface area (Å²) < 4.78 is 1.72. The normalized spacial score (nSPS) is 10.3. The summed E-state index contributed by atoms with van der Waals surface area (Å²) in [6.45, 7) is 1.90. The van der Waals surface area contributed by atoms with Crippen molar-refractivity contribution in [1.29, 1.82) is 0 Å². The number of aryl methyl sites for hydroxylation is 2. The fourth-order valence-corrected chi connectivity index (χ4v) is 2.21. The van der Waals surface area contributed by atoms with Crippen LogP contribution < -0.4 is 10.6 Å². The second kappa shape index (κ2) is 6.31. The van der Waals surface area contributed by atoms with E-state index >= 15 is 0 Å². The number of aromatic nitrogens is 3. The van der Waals surface area contributed by atoms with Crippen molar-refractivity contribution in [1.82, 2.24) is 14.8 Å². The van der Waals surface area contributed by atoms with Gasteiger partial charge in [-0.2, -0.15) is 5.10 Å². The van der Waals surface area contributed by atoms with Crippen LogP contribution in [0, 0.1) is 6.92 Å². The maximum absolute atomic E-state index is 12.3. The number of carbonyl (C=O) groups is 1. The Hall–Kier alpha value is -3.15. The van der Waals surface area contributed by atoms with Gasteiger partial charge in [-0.05, 0) is 36.8 Å². The molecular weight excluding hydrogens is 290 g/mol. The highest BCUT2D eigenvalue weighted by Gasteiger charge is 2.07. The van der Waals surface area contributed by atoms with Gasteiger partial charge < -0.3 is 10.6 Å². The molecule has 2 aromatic heterocycles. The predicted molar refractivity (Wildman–Crippen MR) is 89.9 cm³/mol. The van der Waals surface area contributed by atoms with Crippen LogP contribution in [-0.4, -0.2) is 20.7 Å². The number of amides is 1. The van der Waals surface area contributed by atoms with E-state index in [2.05, 4.69) is 20.7 Å². The topological polar surface area (TPSA) is 71.8 Å². The second-order valence-electron chi connectivity index (χ2n) is 5.31. The minimum Gasteiger partial charge on any atom is -0.353 e. The zero-order valence-corrected chi connectivity index (χ0v) is 12.9. The fraction of sp³-hybridized carbons (Fsp3) is 0.118. The van der Waals surface area contributed by atoms with Crippen LogP contribution in [0.3, 0.4) is 0 Å². The average Bonchev–Trinajstić information content (AvgIpc) is 2.92. The lowest BCUT2D eigenvalue weighted by Crippen LogP contribution is -2.12. The Morgan fingerprint density at radius 1 is 1.09 bits per heavy atom. The van der Waals surface area contributed by atoms with Crippen LogP contribution in [0.15, 0.2) is 55.1 Å². The molecule has 1 amide bonds. The standard InChI is InChI=1S/C17H17N5O/c1-12-6-13(9-18-8-12)17(23)21-15-5-3-4-14(7-15)20-16-10-19-22(2)11-16/h3-11,20H,1-2H3,(H,21,23). The maximum atomic E-state index is 12.3. The van der Waals surface area contributed by atoms with Crippen molar-refractivity contribution in [3.8, 4) is 0 Å². The van der Waals surface area contributed by atoms with Gasteiger partial charge in [0.25, 0.3) is 5.91 Å². The zero-order chi connectivity index (χ0) is 16.2. The van der Waals surface area contributed by atoms with Crippen molar-refractivity contribution in [2.45, 2.75) is 6.92 Å². The van der Waals surface area contributed by atoms with Crippen LogP contribution in [-0.2, 0) is 7.05 Å². The van der Waals surface area contributed by atoms with Crippen molar-refractivity contribution in [3.63, 3.8) is 0 Å². The van der Waals surface area contributed by atoms with Gasteiger partial charge in [0.15, 0.2) is 0 Å². The van der Waals surface area contributed by atoms with Gasteiger partial charge in [0.1, 0.15) is 0 Å². The minimum absolute atomic E-state index is 0.181. The van der Waals surface area contributed by atoms with E-state index in [1.165, 1.54) is 0 Å². The molecule has 0 aliphatic carbocycles. The van der Waals surface area contributed by atoms with Crippen LogP contribution >= 0.6 is 0 Å². The third kappa shape index (κ3) is 3.74. The lowest BCUT2D eigenvalue weighted by atomic mass is 10.2. The summed E-state index contributed by atoms with van der Waals surface area (Å²) >= 11 is 0. The van der Waals surface area contributed by atoms with Crippen LogP contribution in [0.4, 0.5) is 17.1 Å². The molecule has 6 heteroatoms. The summed E-state index contributed by atoms with van der Waals surface area (Å²) in [7, 11) is 1.86. The summed E-state index contributed by atoms with van der Waals surface area (Å²) in [6, 6.07) is 9.32. The van der Waals surface area contributed by atoms with Crippen molar-refractivity contribution >= 4 is 23.0 Å². The van der Waals surface area contributed by atoms with Gasteiger partial charge in [0.2, 0.25) is 0 Å². The first kappa shape index (κ1) is 14.8. The highest BCUT2D eigenvalue weighted by atomic mass is 16.1. The molecule has 3 aromatic rings. The number of benzene rings is 1. The lowest BCUT2D eigenvalue weighted by Gasteiger charge is -2.08. The van der Waals surface area contributed by atoms with E-state index in [0.717, 1.165) is 16.9 Å². The number of pyridine rings is 1. The Morgan fingerprint density at radius 2 is 1.91 bits per heavy atom. The van der Waals surface area contributed by atoms with E-state index < -0.39 is 0 Å². The molecule has 3 rings (SSSR count). The van der Waals surface area contributed by atoms with Crippen LogP contribution in [0.1, 0.15) is 15.9 Å². The molecule has 0 bridgehead atoms. The number of carbonyl (C=O) groups excluding carboxylic acids is 1. The monoisotopic (exact) mass is 307 g/mol. The van der Waals surface area contributed by atoms with Gasteiger partial charge in [0, 0.05) is 37.0 Å². The second-order valence-corrected chi connectivity index (χ2v) is 5.31. The quantitative estimate of drug-likeness (QED) is 0.777. The number of rotatable bonds is 4. The van der Waals surface area contributed by atoms with Crippen molar-refractivity contribution in [3.05, 3.63) is 66.2 Å². The van der Waals surface area contributed by atoms with Gasteiger partial charge in [-0.15, -0.1) is 0 Å². The third-order valence-electron chi connectivity index (χ3n) is 3.25. The summed E-state index contributed by atoms with van der Waals surface area (Å²) in [5.74, 6) is -0.181. The van der Waals surface area contributed by atoms with E-state index in [9.17, 15) is 4.79 Å². The summed E-state index contributed by atoms with van der Waals surface area (Å²) in [6.07, 6.45) is 6.89. The lowest BCUT2D eigenvalue weighted by molar-refractivity contribution is 0.102. The highest BCUT2D eigenvalue weighted by molar-refractivity contribution is 6.04. The smallest absolute Gasteiger partial charge is 0.257 e. The van der Waals surface area contributed by atoms with Crippen LogP contribution in [0.2, 0.25) is 0 Å². The molecule has 0 aliphatic heterocycles. The summed E-state index contributed by atoms with van der Waals surface area (Å²) in [5, 5.41) is 10.2. The zero-order valence-electron chi connectivity index (χ0n) is 12.9. The third-order valence-corrected chi connectivity index (χ3v) is 3.25. The summed E-state index contributed by atoms with van der Waals surface area (Å²) in [4.78, 5) is 16.3. The molecule has 0 aliphatic rings. The molecule has 0 atom stereocenters. The molecule has 116 valence electrons. The molecule has 0 radical (unpaired) electrons. The molecule has 2 N–H and O–H groups in total. The minimum atomic E-state index is -0.181. The Labute approximate surface area is 134 Å². The molecule has 0 unspecified atom stereocenters.